The molecule has 12 heteroatoms. The topological polar surface area (TPSA) is 114 Å². The van der Waals surface area contributed by atoms with Crippen LogP contribution in [-0.2, 0) is 14.8 Å². The van der Waals surface area contributed by atoms with Gasteiger partial charge in [-0.2, -0.15) is 4.31 Å². The molecule has 0 unspecified atom stereocenters. The van der Waals surface area contributed by atoms with Crippen molar-refractivity contribution in [1.82, 2.24) is 14.2 Å². The van der Waals surface area contributed by atoms with Gasteiger partial charge in [-0.15, -0.1) is 11.3 Å². The van der Waals surface area contributed by atoms with Crippen molar-refractivity contribution >= 4 is 54.9 Å². The van der Waals surface area contributed by atoms with Gasteiger partial charge in [0.1, 0.15) is 0 Å². The molecule has 1 aromatic heterocycles. The number of nitro benzene ring substituents is 1. The highest BCUT2D eigenvalue weighted by Crippen LogP contribution is 2.32. The van der Waals surface area contributed by atoms with E-state index in [-0.39, 0.29) is 35.3 Å². The molecule has 9 nitrogen and oxygen atoms in total. The van der Waals surface area contributed by atoms with E-state index >= 15 is 0 Å². The molecule has 0 aliphatic carbocycles. The third-order valence-corrected chi connectivity index (χ3v) is 8.91. The van der Waals surface area contributed by atoms with E-state index in [4.69, 9.17) is 0 Å². The Morgan fingerprint density at radius 1 is 1.13 bits per heavy atom. The van der Waals surface area contributed by atoms with E-state index in [1.165, 1.54) is 39.5 Å². The van der Waals surface area contributed by atoms with Crippen molar-refractivity contribution in [3.63, 3.8) is 0 Å². The Kier molecular flexibility index (Phi) is 6.23. The molecule has 1 fully saturated rings. The van der Waals surface area contributed by atoms with Gasteiger partial charge >= 0.3 is 0 Å². The first-order valence-electron chi connectivity index (χ1n) is 9.35. The SMILES string of the molecule is O=C(CSc1nc2ccc([N+](=O)[O-])cc2s1)N1CCN(S(=O)(=O)c2ccccc2)CC1. The summed E-state index contributed by atoms with van der Waals surface area (Å²) in [5.41, 5.74) is 0.664. The predicted octanol–water partition coefficient (Wildman–Crippen LogP) is 2.83. The summed E-state index contributed by atoms with van der Waals surface area (Å²) in [4.78, 5) is 29.3. The third-order valence-electron chi connectivity index (χ3n) is 4.85. The quantitative estimate of drug-likeness (QED) is 0.304. The van der Waals surface area contributed by atoms with Gasteiger partial charge in [0.25, 0.3) is 5.69 Å². The maximum atomic E-state index is 12.7. The largest absolute Gasteiger partial charge is 0.339 e. The van der Waals surface area contributed by atoms with Crippen LogP contribution in [0.1, 0.15) is 0 Å². The Labute approximate surface area is 186 Å². The van der Waals surface area contributed by atoms with Gasteiger partial charge in [0.2, 0.25) is 15.9 Å². The summed E-state index contributed by atoms with van der Waals surface area (Å²) in [5.74, 6) is 0.0832. The first-order chi connectivity index (χ1) is 14.8. The van der Waals surface area contributed by atoms with Crippen molar-refractivity contribution < 1.29 is 18.1 Å². The number of hydrogen-bond donors (Lipinski definition) is 0. The number of thiazole rings is 1. The average molecular weight is 479 g/mol. The summed E-state index contributed by atoms with van der Waals surface area (Å²) in [7, 11) is -3.56. The second-order valence-electron chi connectivity index (χ2n) is 6.78. The van der Waals surface area contributed by atoms with E-state index in [1.807, 2.05) is 0 Å². The highest BCUT2D eigenvalue weighted by molar-refractivity contribution is 8.01. The van der Waals surface area contributed by atoms with E-state index in [9.17, 15) is 23.3 Å². The summed E-state index contributed by atoms with van der Waals surface area (Å²) < 4.78 is 28.2. The Morgan fingerprint density at radius 2 is 1.84 bits per heavy atom. The van der Waals surface area contributed by atoms with Crippen molar-refractivity contribution in [3.8, 4) is 0 Å². The smallest absolute Gasteiger partial charge is 0.270 e. The lowest BCUT2D eigenvalue weighted by Crippen LogP contribution is -2.50. The standard InChI is InChI=1S/C19H18N4O5S3/c24-18(13-29-19-20-16-7-6-14(23(25)26)12-17(16)30-19)21-8-10-22(11-9-21)31(27,28)15-4-2-1-3-5-15/h1-7,12H,8-11,13H2. The number of sulfonamides is 1. The molecule has 0 atom stereocenters. The van der Waals surface area contributed by atoms with Gasteiger partial charge in [-0.05, 0) is 18.2 Å². The highest BCUT2D eigenvalue weighted by atomic mass is 32.2. The molecule has 162 valence electrons. The molecule has 0 bridgehead atoms. The van der Waals surface area contributed by atoms with Gasteiger partial charge in [0.15, 0.2) is 4.34 Å². The number of piperazine rings is 1. The number of carbonyl (C=O) groups excluding carboxylic acids is 1. The number of aromatic nitrogens is 1. The molecule has 2 aromatic carbocycles. The molecule has 2 heterocycles. The molecule has 1 saturated heterocycles. The fourth-order valence-corrected chi connectivity index (χ4v) is 6.65. The summed E-state index contributed by atoms with van der Waals surface area (Å²) in [5, 5.41) is 10.9. The molecular weight excluding hydrogens is 460 g/mol. The van der Waals surface area contributed by atoms with Crippen LogP contribution in [0.3, 0.4) is 0 Å². The minimum Gasteiger partial charge on any atom is -0.339 e. The van der Waals surface area contributed by atoms with Crippen molar-refractivity contribution in [2.24, 2.45) is 0 Å². The van der Waals surface area contributed by atoms with E-state index in [1.54, 1.807) is 41.3 Å². The molecule has 0 N–H and O–H groups in total. The Balaban J connectivity index is 1.33. The molecular formula is C19H18N4O5S3. The highest BCUT2D eigenvalue weighted by Gasteiger charge is 2.30. The number of non-ortho nitro benzene ring substituents is 1. The maximum Gasteiger partial charge on any atom is 0.270 e. The van der Waals surface area contributed by atoms with Crippen LogP contribution < -0.4 is 0 Å². The average Bonchev–Trinajstić information content (AvgIpc) is 3.20. The summed E-state index contributed by atoms with van der Waals surface area (Å²) in [6.07, 6.45) is 0. The van der Waals surface area contributed by atoms with E-state index in [0.717, 1.165) is 0 Å². The fourth-order valence-electron chi connectivity index (χ4n) is 3.20. The van der Waals surface area contributed by atoms with Crippen molar-refractivity contribution in [2.45, 2.75) is 9.24 Å². The van der Waals surface area contributed by atoms with Crippen LogP contribution in [0.4, 0.5) is 5.69 Å². The number of thioether (sulfide) groups is 1. The lowest BCUT2D eigenvalue weighted by molar-refractivity contribution is -0.384. The second kappa shape index (κ2) is 8.91. The summed E-state index contributed by atoms with van der Waals surface area (Å²) >= 11 is 2.59. The number of nitrogens with zero attached hydrogens (tertiary/aromatic N) is 4. The first kappa shape index (κ1) is 21.7. The van der Waals surface area contributed by atoms with Crippen LogP contribution in [0.25, 0.3) is 10.2 Å². The van der Waals surface area contributed by atoms with Crippen molar-refractivity contribution in [2.75, 3.05) is 31.9 Å². The van der Waals surface area contributed by atoms with E-state index in [2.05, 4.69) is 4.98 Å². The molecule has 0 spiro atoms. The molecule has 1 aliphatic heterocycles. The van der Waals surface area contributed by atoms with Gasteiger partial charge in [0.05, 0.1) is 25.8 Å². The van der Waals surface area contributed by atoms with Gasteiger partial charge in [0, 0.05) is 38.3 Å². The Morgan fingerprint density at radius 3 is 2.52 bits per heavy atom. The fraction of sp³-hybridized carbons (Fsp3) is 0.263. The van der Waals surface area contributed by atoms with E-state index < -0.39 is 14.9 Å². The number of rotatable bonds is 6. The van der Waals surface area contributed by atoms with Gasteiger partial charge in [-0.1, -0.05) is 30.0 Å². The number of benzene rings is 2. The number of hydrogen-bond acceptors (Lipinski definition) is 8. The second-order valence-corrected chi connectivity index (χ2v) is 11.0. The molecule has 31 heavy (non-hydrogen) atoms. The van der Waals surface area contributed by atoms with E-state index in [0.29, 0.717) is 27.6 Å². The molecule has 1 aliphatic rings. The van der Waals surface area contributed by atoms with Gasteiger partial charge < -0.3 is 4.90 Å². The Bertz CT molecular complexity index is 1220. The van der Waals surface area contributed by atoms with Crippen LogP contribution >= 0.6 is 23.1 Å². The maximum absolute atomic E-state index is 12.7. The van der Waals surface area contributed by atoms with Crippen LogP contribution in [-0.4, -0.2) is 65.4 Å². The Hall–Kier alpha value is -2.54. The number of fused-ring (bicyclic) bond motifs is 1. The zero-order valence-electron chi connectivity index (χ0n) is 16.2. The lowest BCUT2D eigenvalue weighted by atomic mass is 10.3. The van der Waals surface area contributed by atoms with Crippen molar-refractivity contribution in [1.29, 1.82) is 0 Å². The number of carbonyl (C=O) groups is 1. The molecule has 0 saturated carbocycles. The van der Waals surface area contributed by atoms with Gasteiger partial charge in [-0.3, -0.25) is 14.9 Å². The molecule has 1 amide bonds. The minimum absolute atomic E-state index is 0.00658. The molecule has 0 radical (unpaired) electrons. The number of nitro groups is 1. The zero-order chi connectivity index (χ0) is 22.0. The minimum atomic E-state index is -3.56. The summed E-state index contributed by atoms with van der Waals surface area (Å²) in [6, 6.07) is 12.7. The van der Waals surface area contributed by atoms with Crippen molar-refractivity contribution in [3.05, 3.63) is 58.6 Å². The van der Waals surface area contributed by atoms with Gasteiger partial charge in [-0.25, -0.2) is 13.4 Å². The zero-order valence-corrected chi connectivity index (χ0v) is 18.7. The first-order valence-corrected chi connectivity index (χ1v) is 12.6. The molecule has 3 aromatic rings. The molecule has 4 rings (SSSR count). The van der Waals surface area contributed by atoms with Crippen LogP contribution in [0, 0.1) is 10.1 Å². The van der Waals surface area contributed by atoms with Crippen LogP contribution in [0.5, 0.6) is 0 Å². The summed E-state index contributed by atoms with van der Waals surface area (Å²) in [6.45, 7) is 1.16. The number of amides is 1. The predicted molar refractivity (Wildman–Crippen MR) is 119 cm³/mol. The lowest BCUT2D eigenvalue weighted by Gasteiger charge is -2.34. The monoisotopic (exact) mass is 478 g/mol. The normalized spacial score (nSPS) is 15.3. The van der Waals surface area contributed by atoms with Crippen LogP contribution in [0.2, 0.25) is 0 Å². The third kappa shape index (κ3) is 4.71. The van der Waals surface area contributed by atoms with Crippen LogP contribution in [0.15, 0.2) is 57.8 Å².